The van der Waals surface area contributed by atoms with Gasteiger partial charge in [0.05, 0.1) is 11.8 Å². The highest BCUT2D eigenvalue weighted by Gasteiger charge is 2.30. The molecule has 1 atom stereocenters. The SMILES string of the molecule is CCCCCCn1c(COc2ccccc2F)nnc1SCC(=O)N[C@](C)(C#N)C(C)C. The van der Waals surface area contributed by atoms with Gasteiger partial charge in [0.25, 0.3) is 0 Å². The summed E-state index contributed by atoms with van der Waals surface area (Å²) in [6.45, 7) is 8.42. The van der Waals surface area contributed by atoms with E-state index in [2.05, 4.69) is 28.5 Å². The van der Waals surface area contributed by atoms with Crippen molar-refractivity contribution in [1.29, 1.82) is 5.26 Å². The number of thioether (sulfide) groups is 1. The molecule has 0 fully saturated rings. The summed E-state index contributed by atoms with van der Waals surface area (Å²) in [4.78, 5) is 12.5. The van der Waals surface area contributed by atoms with Crippen molar-refractivity contribution in [1.82, 2.24) is 20.1 Å². The second kappa shape index (κ2) is 12.4. The maximum Gasteiger partial charge on any atom is 0.231 e. The molecule has 1 aromatic carbocycles. The van der Waals surface area contributed by atoms with E-state index in [1.807, 2.05) is 18.4 Å². The number of ether oxygens (including phenoxy) is 1. The molecule has 0 spiro atoms. The van der Waals surface area contributed by atoms with Crippen LogP contribution >= 0.6 is 11.8 Å². The lowest BCUT2D eigenvalue weighted by atomic mass is 9.90. The Bertz CT molecular complexity index is 927. The van der Waals surface area contributed by atoms with E-state index < -0.39 is 11.4 Å². The van der Waals surface area contributed by atoms with Gasteiger partial charge in [0, 0.05) is 6.54 Å². The van der Waals surface area contributed by atoms with Crippen molar-refractivity contribution < 1.29 is 13.9 Å². The summed E-state index contributed by atoms with van der Waals surface area (Å²) in [6, 6.07) is 8.40. The Morgan fingerprint density at radius 1 is 1.31 bits per heavy atom. The fourth-order valence-corrected chi connectivity index (χ4v) is 3.70. The number of carbonyl (C=O) groups excluding carboxylic acids is 1. The van der Waals surface area contributed by atoms with E-state index in [1.165, 1.54) is 17.8 Å². The Balaban J connectivity index is 2.07. The molecule has 32 heavy (non-hydrogen) atoms. The second-order valence-corrected chi connectivity index (χ2v) is 9.08. The zero-order chi connectivity index (χ0) is 23.6. The number of nitrogens with zero attached hydrogens (tertiary/aromatic N) is 4. The molecule has 0 bridgehead atoms. The highest BCUT2D eigenvalue weighted by atomic mass is 32.2. The molecule has 9 heteroatoms. The molecule has 1 aromatic heterocycles. The van der Waals surface area contributed by atoms with Crippen LogP contribution < -0.4 is 10.1 Å². The molecule has 0 unspecified atom stereocenters. The van der Waals surface area contributed by atoms with Gasteiger partial charge in [-0.05, 0) is 31.4 Å². The van der Waals surface area contributed by atoms with Gasteiger partial charge in [-0.2, -0.15) is 5.26 Å². The first-order valence-electron chi connectivity index (χ1n) is 10.9. The number of nitriles is 1. The normalized spacial score (nSPS) is 12.9. The number of unbranched alkanes of at least 4 members (excludes halogenated alkanes) is 3. The molecular formula is C23H32FN5O2S. The number of aromatic nitrogens is 3. The second-order valence-electron chi connectivity index (χ2n) is 8.14. The topological polar surface area (TPSA) is 92.8 Å². The maximum atomic E-state index is 13.9. The third-order valence-electron chi connectivity index (χ3n) is 5.34. The van der Waals surface area contributed by atoms with Gasteiger partial charge in [-0.3, -0.25) is 4.79 Å². The number of carbonyl (C=O) groups is 1. The lowest BCUT2D eigenvalue weighted by molar-refractivity contribution is -0.120. The van der Waals surface area contributed by atoms with Crippen LogP contribution in [0.2, 0.25) is 0 Å². The molecule has 0 saturated carbocycles. The quantitative estimate of drug-likeness (QED) is 0.343. The first-order valence-corrected chi connectivity index (χ1v) is 11.9. The van der Waals surface area contributed by atoms with Crippen molar-refractivity contribution in [2.24, 2.45) is 5.92 Å². The maximum absolute atomic E-state index is 13.9. The standard InChI is InChI=1S/C23H32FN5O2S/c1-5-6-7-10-13-29-20(14-31-19-12-9-8-11-18(19)24)27-28-22(29)32-15-21(30)26-23(4,16-25)17(2)3/h8-9,11-12,17H,5-7,10,13-15H2,1-4H3,(H,26,30)/t23-/m1/s1. The van der Waals surface area contributed by atoms with Crippen LogP contribution in [0, 0.1) is 23.1 Å². The lowest BCUT2D eigenvalue weighted by Crippen LogP contribution is -2.49. The van der Waals surface area contributed by atoms with Crippen molar-refractivity contribution in [2.75, 3.05) is 5.75 Å². The Morgan fingerprint density at radius 3 is 2.72 bits per heavy atom. The summed E-state index contributed by atoms with van der Waals surface area (Å²) in [7, 11) is 0. The Hall–Kier alpha value is -2.60. The minimum Gasteiger partial charge on any atom is -0.483 e. The summed E-state index contributed by atoms with van der Waals surface area (Å²) < 4.78 is 21.4. The Kier molecular flexibility index (Phi) is 9.97. The molecule has 1 N–H and O–H groups in total. The van der Waals surface area contributed by atoms with Crippen molar-refractivity contribution in [3.05, 3.63) is 35.9 Å². The van der Waals surface area contributed by atoms with E-state index in [1.54, 1.807) is 25.1 Å². The van der Waals surface area contributed by atoms with E-state index in [0.717, 1.165) is 25.7 Å². The van der Waals surface area contributed by atoms with Gasteiger partial charge < -0.3 is 14.6 Å². The van der Waals surface area contributed by atoms with Crippen molar-refractivity contribution in [2.45, 2.75) is 77.2 Å². The van der Waals surface area contributed by atoms with Crippen LogP contribution in [0.1, 0.15) is 59.2 Å². The number of halogens is 1. The summed E-state index contributed by atoms with van der Waals surface area (Å²) in [5.41, 5.74) is -0.926. The molecule has 1 heterocycles. The van der Waals surface area contributed by atoms with Crippen molar-refractivity contribution in [3.8, 4) is 11.8 Å². The molecule has 0 radical (unpaired) electrons. The number of hydrogen-bond donors (Lipinski definition) is 1. The summed E-state index contributed by atoms with van der Waals surface area (Å²) in [6.07, 6.45) is 4.27. The third kappa shape index (κ3) is 7.23. The summed E-state index contributed by atoms with van der Waals surface area (Å²) in [5.74, 6) is 0.162. The van der Waals surface area contributed by atoms with E-state index in [-0.39, 0.29) is 29.9 Å². The summed E-state index contributed by atoms with van der Waals surface area (Å²) >= 11 is 1.27. The highest BCUT2D eigenvalue weighted by Crippen LogP contribution is 2.22. The lowest BCUT2D eigenvalue weighted by Gasteiger charge is -2.27. The van der Waals surface area contributed by atoms with Crippen LogP contribution in [0.3, 0.4) is 0 Å². The highest BCUT2D eigenvalue weighted by molar-refractivity contribution is 7.99. The average Bonchev–Trinajstić information content (AvgIpc) is 3.16. The number of nitrogens with one attached hydrogen (secondary N) is 1. The number of hydrogen-bond acceptors (Lipinski definition) is 6. The van der Waals surface area contributed by atoms with Gasteiger partial charge in [-0.25, -0.2) is 4.39 Å². The predicted octanol–water partition coefficient (Wildman–Crippen LogP) is 4.72. The van der Waals surface area contributed by atoms with Gasteiger partial charge in [0.2, 0.25) is 5.91 Å². The predicted molar refractivity (Wildman–Crippen MR) is 123 cm³/mol. The average molecular weight is 462 g/mol. The largest absolute Gasteiger partial charge is 0.483 e. The molecule has 2 aromatic rings. The van der Waals surface area contributed by atoms with Crippen LogP contribution in [-0.4, -0.2) is 32.0 Å². The smallest absolute Gasteiger partial charge is 0.231 e. The minimum absolute atomic E-state index is 0.0224. The number of benzene rings is 1. The van der Waals surface area contributed by atoms with E-state index in [4.69, 9.17) is 4.74 Å². The van der Waals surface area contributed by atoms with E-state index in [0.29, 0.717) is 17.5 Å². The molecule has 0 aliphatic rings. The molecule has 0 aliphatic carbocycles. The van der Waals surface area contributed by atoms with Gasteiger partial charge in [0.15, 0.2) is 22.5 Å². The minimum atomic E-state index is -0.926. The van der Waals surface area contributed by atoms with Crippen LogP contribution in [0.15, 0.2) is 29.4 Å². The molecule has 0 aliphatic heterocycles. The van der Waals surface area contributed by atoms with Gasteiger partial charge in [0.1, 0.15) is 12.1 Å². The first-order chi connectivity index (χ1) is 15.3. The molecular weight excluding hydrogens is 429 g/mol. The summed E-state index contributed by atoms with van der Waals surface area (Å²) in [5, 5.41) is 21.3. The van der Waals surface area contributed by atoms with Crippen molar-refractivity contribution >= 4 is 17.7 Å². The monoisotopic (exact) mass is 461 g/mol. The molecule has 7 nitrogen and oxygen atoms in total. The van der Waals surface area contributed by atoms with Gasteiger partial charge in [-0.1, -0.05) is 63.9 Å². The first kappa shape index (κ1) is 25.7. The molecule has 2 rings (SSSR count). The van der Waals surface area contributed by atoms with Gasteiger partial charge in [-0.15, -0.1) is 10.2 Å². The zero-order valence-corrected chi connectivity index (χ0v) is 20.0. The molecule has 174 valence electrons. The molecule has 0 saturated heterocycles. The number of para-hydroxylation sites is 1. The van der Waals surface area contributed by atoms with E-state index >= 15 is 0 Å². The van der Waals surface area contributed by atoms with E-state index in [9.17, 15) is 14.4 Å². The third-order valence-corrected chi connectivity index (χ3v) is 6.31. The Labute approximate surface area is 193 Å². The van der Waals surface area contributed by atoms with Crippen molar-refractivity contribution in [3.63, 3.8) is 0 Å². The fourth-order valence-electron chi connectivity index (χ4n) is 2.92. The molecule has 1 amide bonds. The van der Waals surface area contributed by atoms with Crippen LogP contribution in [0.4, 0.5) is 4.39 Å². The van der Waals surface area contributed by atoms with Crippen LogP contribution in [0.25, 0.3) is 0 Å². The zero-order valence-electron chi connectivity index (χ0n) is 19.2. The number of rotatable bonds is 13. The number of amides is 1. The van der Waals surface area contributed by atoms with Gasteiger partial charge >= 0.3 is 0 Å². The van der Waals surface area contributed by atoms with Crippen LogP contribution in [0.5, 0.6) is 5.75 Å². The Morgan fingerprint density at radius 2 is 2.06 bits per heavy atom. The fraction of sp³-hybridized carbons (Fsp3) is 0.565. The van der Waals surface area contributed by atoms with Crippen LogP contribution in [-0.2, 0) is 17.9 Å².